The Bertz CT molecular complexity index is 919. The molecular formula is C14H12ClN3O2S. The topological polar surface area (TPSA) is 74.8 Å². The molecule has 0 atom stereocenters. The lowest BCUT2D eigenvalue weighted by Gasteiger charge is -2.09. The van der Waals surface area contributed by atoms with Crippen molar-refractivity contribution in [3.05, 3.63) is 53.1 Å². The number of H-pyrrole nitrogens is 1. The van der Waals surface area contributed by atoms with Gasteiger partial charge in [-0.05, 0) is 36.8 Å². The van der Waals surface area contributed by atoms with Crippen LogP contribution < -0.4 is 4.72 Å². The number of fused-ring (bicyclic) bond motifs is 1. The molecule has 2 N–H and O–H groups in total. The monoisotopic (exact) mass is 321 g/mol. The van der Waals surface area contributed by atoms with Gasteiger partial charge in [-0.1, -0.05) is 29.8 Å². The summed E-state index contributed by atoms with van der Waals surface area (Å²) in [7, 11) is -3.74. The van der Waals surface area contributed by atoms with Gasteiger partial charge < -0.3 is 0 Å². The second kappa shape index (κ2) is 5.05. The quantitative estimate of drug-likeness (QED) is 0.777. The first-order chi connectivity index (χ1) is 9.99. The van der Waals surface area contributed by atoms with Gasteiger partial charge in [-0.15, -0.1) is 0 Å². The van der Waals surface area contributed by atoms with Crippen molar-refractivity contribution in [2.45, 2.75) is 11.8 Å². The van der Waals surface area contributed by atoms with Gasteiger partial charge in [0.15, 0.2) is 5.82 Å². The van der Waals surface area contributed by atoms with Crippen molar-refractivity contribution >= 4 is 38.3 Å². The molecule has 0 aliphatic rings. The summed E-state index contributed by atoms with van der Waals surface area (Å²) in [5, 5.41) is 7.91. The zero-order chi connectivity index (χ0) is 15.0. The maximum Gasteiger partial charge on any atom is 0.263 e. The van der Waals surface area contributed by atoms with Gasteiger partial charge in [-0.2, -0.15) is 5.10 Å². The van der Waals surface area contributed by atoms with E-state index in [1.165, 1.54) is 6.07 Å². The SMILES string of the molecule is Cc1c(Cl)cccc1S(=O)(=O)Nc1n[nH]c2ccccc12. The fraction of sp³-hybridized carbons (Fsp3) is 0.0714. The summed E-state index contributed by atoms with van der Waals surface area (Å²) in [6.07, 6.45) is 0. The van der Waals surface area contributed by atoms with Crippen LogP contribution in [-0.2, 0) is 10.0 Å². The Morgan fingerprint density at radius 1 is 1.14 bits per heavy atom. The van der Waals surface area contributed by atoms with E-state index in [0.717, 1.165) is 5.52 Å². The highest BCUT2D eigenvalue weighted by Gasteiger charge is 2.20. The summed E-state index contributed by atoms with van der Waals surface area (Å²) < 4.78 is 27.5. The third-order valence-corrected chi connectivity index (χ3v) is 5.10. The van der Waals surface area contributed by atoms with Crippen molar-refractivity contribution in [3.8, 4) is 0 Å². The van der Waals surface area contributed by atoms with Gasteiger partial charge >= 0.3 is 0 Å². The van der Waals surface area contributed by atoms with Gasteiger partial charge in [0.05, 0.1) is 10.4 Å². The Balaban J connectivity index is 2.06. The van der Waals surface area contributed by atoms with E-state index >= 15 is 0 Å². The van der Waals surface area contributed by atoms with Crippen LogP contribution in [0.15, 0.2) is 47.4 Å². The third-order valence-electron chi connectivity index (χ3n) is 3.21. The van der Waals surface area contributed by atoms with Crippen LogP contribution in [0.1, 0.15) is 5.56 Å². The van der Waals surface area contributed by atoms with E-state index in [1.54, 1.807) is 25.1 Å². The van der Waals surface area contributed by atoms with Crippen molar-refractivity contribution in [2.24, 2.45) is 0 Å². The number of sulfonamides is 1. The van der Waals surface area contributed by atoms with Crippen LogP contribution in [0, 0.1) is 6.92 Å². The van der Waals surface area contributed by atoms with Crippen molar-refractivity contribution in [3.63, 3.8) is 0 Å². The van der Waals surface area contributed by atoms with E-state index in [-0.39, 0.29) is 10.7 Å². The third kappa shape index (κ3) is 2.48. The van der Waals surface area contributed by atoms with E-state index < -0.39 is 10.0 Å². The van der Waals surface area contributed by atoms with E-state index in [2.05, 4.69) is 14.9 Å². The molecule has 0 saturated heterocycles. The summed E-state index contributed by atoms with van der Waals surface area (Å²) in [4.78, 5) is 0.141. The number of nitrogens with zero attached hydrogens (tertiary/aromatic N) is 1. The molecule has 3 rings (SSSR count). The lowest BCUT2D eigenvalue weighted by molar-refractivity contribution is 0.600. The molecule has 0 fully saturated rings. The molecule has 21 heavy (non-hydrogen) atoms. The fourth-order valence-electron chi connectivity index (χ4n) is 2.10. The minimum absolute atomic E-state index is 0.141. The molecule has 2 aromatic carbocycles. The number of anilines is 1. The summed E-state index contributed by atoms with van der Waals surface area (Å²) in [5.41, 5.74) is 1.27. The normalized spacial score (nSPS) is 11.7. The number of hydrogen-bond acceptors (Lipinski definition) is 3. The van der Waals surface area contributed by atoms with Crippen LogP contribution in [0.5, 0.6) is 0 Å². The molecule has 0 aliphatic heterocycles. The Hall–Kier alpha value is -2.05. The highest BCUT2D eigenvalue weighted by molar-refractivity contribution is 7.92. The van der Waals surface area contributed by atoms with Crippen LogP contribution >= 0.6 is 11.6 Å². The van der Waals surface area contributed by atoms with E-state index in [9.17, 15) is 8.42 Å². The average Bonchev–Trinajstić information content (AvgIpc) is 2.84. The number of halogens is 1. The van der Waals surface area contributed by atoms with E-state index in [4.69, 9.17) is 11.6 Å². The minimum atomic E-state index is -3.74. The largest absolute Gasteiger partial charge is 0.276 e. The van der Waals surface area contributed by atoms with Crippen LogP contribution in [0.3, 0.4) is 0 Å². The Kier molecular flexibility index (Phi) is 3.35. The van der Waals surface area contributed by atoms with Gasteiger partial charge in [0, 0.05) is 10.4 Å². The predicted octanol–water partition coefficient (Wildman–Crippen LogP) is 3.33. The summed E-state index contributed by atoms with van der Waals surface area (Å²) in [6.45, 7) is 1.67. The zero-order valence-corrected chi connectivity index (χ0v) is 12.7. The molecule has 0 saturated carbocycles. The summed E-state index contributed by atoms with van der Waals surface area (Å²) in [6, 6.07) is 12.1. The summed E-state index contributed by atoms with van der Waals surface area (Å²) >= 11 is 5.98. The summed E-state index contributed by atoms with van der Waals surface area (Å²) in [5.74, 6) is 0.268. The van der Waals surface area contributed by atoms with Gasteiger partial charge in [0.25, 0.3) is 10.0 Å². The van der Waals surface area contributed by atoms with Crippen molar-refractivity contribution in [1.82, 2.24) is 10.2 Å². The molecule has 108 valence electrons. The second-order valence-electron chi connectivity index (χ2n) is 4.59. The lowest BCUT2D eigenvalue weighted by Crippen LogP contribution is -2.14. The van der Waals surface area contributed by atoms with E-state index in [0.29, 0.717) is 16.0 Å². The molecule has 1 aromatic heterocycles. The molecule has 0 amide bonds. The minimum Gasteiger partial charge on any atom is -0.276 e. The van der Waals surface area contributed by atoms with E-state index in [1.807, 2.05) is 18.2 Å². The number of aromatic nitrogens is 2. The molecule has 1 heterocycles. The Labute approximate surface area is 127 Å². The first-order valence-electron chi connectivity index (χ1n) is 6.20. The zero-order valence-electron chi connectivity index (χ0n) is 11.1. The van der Waals surface area contributed by atoms with Gasteiger partial charge in [-0.25, -0.2) is 8.42 Å². The maximum absolute atomic E-state index is 12.5. The first kappa shape index (κ1) is 13.9. The number of para-hydroxylation sites is 1. The second-order valence-corrected chi connectivity index (χ2v) is 6.64. The van der Waals surface area contributed by atoms with Crippen molar-refractivity contribution in [1.29, 1.82) is 0 Å². The molecule has 0 aliphatic carbocycles. The number of aromatic amines is 1. The highest BCUT2D eigenvalue weighted by Crippen LogP contribution is 2.26. The lowest BCUT2D eigenvalue weighted by atomic mass is 10.2. The van der Waals surface area contributed by atoms with Crippen molar-refractivity contribution < 1.29 is 8.42 Å². The van der Waals surface area contributed by atoms with Gasteiger partial charge in [0.1, 0.15) is 0 Å². The van der Waals surface area contributed by atoms with Gasteiger partial charge in [-0.3, -0.25) is 9.82 Å². The maximum atomic E-state index is 12.5. The highest BCUT2D eigenvalue weighted by atomic mass is 35.5. The van der Waals surface area contributed by atoms with Crippen molar-refractivity contribution in [2.75, 3.05) is 4.72 Å². The Morgan fingerprint density at radius 3 is 2.71 bits per heavy atom. The molecule has 0 radical (unpaired) electrons. The molecule has 0 unspecified atom stereocenters. The number of hydrogen-bond donors (Lipinski definition) is 2. The molecule has 0 bridgehead atoms. The predicted molar refractivity (Wildman–Crippen MR) is 83.1 cm³/mol. The number of benzene rings is 2. The molecular weight excluding hydrogens is 310 g/mol. The van der Waals surface area contributed by atoms with Crippen LogP contribution in [0.25, 0.3) is 10.9 Å². The first-order valence-corrected chi connectivity index (χ1v) is 8.06. The molecule has 0 spiro atoms. The smallest absolute Gasteiger partial charge is 0.263 e. The number of nitrogens with one attached hydrogen (secondary N) is 2. The fourth-order valence-corrected chi connectivity index (χ4v) is 3.62. The Morgan fingerprint density at radius 2 is 1.90 bits per heavy atom. The average molecular weight is 322 g/mol. The van der Waals surface area contributed by atoms with Crippen LogP contribution in [-0.4, -0.2) is 18.6 Å². The number of rotatable bonds is 3. The van der Waals surface area contributed by atoms with Gasteiger partial charge in [0.2, 0.25) is 0 Å². The standard InChI is InChI=1S/C14H12ClN3O2S/c1-9-11(15)6-4-8-13(9)21(19,20)18-14-10-5-2-3-7-12(10)16-17-14/h2-8H,1H3,(H2,16,17,18). The molecule has 7 heteroatoms. The molecule has 5 nitrogen and oxygen atoms in total. The van der Waals surface area contributed by atoms with Crippen LogP contribution in [0.2, 0.25) is 5.02 Å². The van der Waals surface area contributed by atoms with Crippen LogP contribution in [0.4, 0.5) is 5.82 Å². The molecule has 3 aromatic rings.